The van der Waals surface area contributed by atoms with Crippen LogP contribution in [0.5, 0.6) is 0 Å². The quantitative estimate of drug-likeness (QED) is 0.615. The maximum absolute atomic E-state index is 11.8. The normalized spacial score (nSPS) is 15.8. The minimum absolute atomic E-state index is 0.128. The number of hydrogen-bond donors (Lipinski definition) is 0. The van der Waals surface area contributed by atoms with Crippen molar-refractivity contribution in [1.82, 2.24) is 4.98 Å². The minimum atomic E-state index is -0.371. The molecule has 92 valence electrons. The monoisotopic (exact) mass is 255 g/mol. The fourth-order valence-corrected chi connectivity index (χ4v) is 1.65. The predicted octanol–water partition coefficient (Wildman–Crippen LogP) is 2.41. The third-order valence-electron chi connectivity index (χ3n) is 2.52. The Bertz CT molecular complexity index is 430. The second kappa shape index (κ2) is 5.02. The average Bonchev–Trinajstić information content (AvgIpc) is 2.22. The van der Waals surface area contributed by atoms with Crippen LogP contribution in [0.4, 0.5) is 0 Å². The summed E-state index contributed by atoms with van der Waals surface area (Å²) in [4.78, 5) is 16.0. The summed E-state index contributed by atoms with van der Waals surface area (Å²) < 4.78 is 10.2. The highest BCUT2D eigenvalue weighted by molar-refractivity contribution is 6.29. The van der Waals surface area contributed by atoms with E-state index in [4.69, 9.17) is 21.1 Å². The van der Waals surface area contributed by atoms with Crippen LogP contribution in [0, 0.1) is 0 Å². The lowest BCUT2D eigenvalue weighted by Crippen LogP contribution is -2.37. The zero-order valence-electron chi connectivity index (χ0n) is 9.77. The number of nitrogens with zero attached hydrogens (tertiary/aromatic N) is 1. The Labute approximate surface area is 105 Å². The van der Waals surface area contributed by atoms with Crippen molar-refractivity contribution < 1.29 is 14.3 Å². The molecule has 1 saturated heterocycles. The van der Waals surface area contributed by atoms with Gasteiger partial charge >= 0.3 is 5.97 Å². The van der Waals surface area contributed by atoms with Crippen molar-refractivity contribution in [3.05, 3.63) is 28.5 Å². The maximum Gasteiger partial charge on any atom is 0.338 e. The molecule has 0 aromatic carbocycles. The first-order valence-electron chi connectivity index (χ1n) is 5.52. The van der Waals surface area contributed by atoms with Crippen LogP contribution in [0.15, 0.2) is 12.1 Å². The molecule has 17 heavy (non-hydrogen) atoms. The number of rotatable bonds is 3. The van der Waals surface area contributed by atoms with Crippen LogP contribution in [0.25, 0.3) is 0 Å². The van der Waals surface area contributed by atoms with E-state index in [9.17, 15) is 4.79 Å². The summed E-state index contributed by atoms with van der Waals surface area (Å²) in [5.41, 5.74) is 1.23. The highest BCUT2D eigenvalue weighted by Gasteiger charge is 2.24. The van der Waals surface area contributed by atoms with Gasteiger partial charge in [-0.2, -0.15) is 0 Å². The smallest absolute Gasteiger partial charge is 0.338 e. The molecule has 1 aromatic rings. The Kier molecular flexibility index (Phi) is 3.64. The Hall–Kier alpha value is -1.13. The van der Waals surface area contributed by atoms with Crippen molar-refractivity contribution in [2.45, 2.75) is 25.9 Å². The molecular weight excluding hydrogens is 242 g/mol. The summed E-state index contributed by atoms with van der Waals surface area (Å²) in [7, 11) is 0. The Morgan fingerprint density at radius 1 is 1.53 bits per heavy atom. The lowest BCUT2D eigenvalue weighted by atomic mass is 10.1. The topological polar surface area (TPSA) is 48.4 Å². The van der Waals surface area contributed by atoms with Crippen LogP contribution in [0.2, 0.25) is 5.15 Å². The van der Waals surface area contributed by atoms with E-state index in [-0.39, 0.29) is 18.0 Å². The minimum Gasteiger partial charge on any atom is -0.454 e. The van der Waals surface area contributed by atoms with Gasteiger partial charge in [-0.05, 0) is 18.1 Å². The third-order valence-corrected chi connectivity index (χ3v) is 2.72. The van der Waals surface area contributed by atoms with Crippen molar-refractivity contribution in [3.8, 4) is 0 Å². The van der Waals surface area contributed by atoms with Crippen molar-refractivity contribution in [2.75, 3.05) is 13.2 Å². The Morgan fingerprint density at radius 3 is 2.76 bits per heavy atom. The fraction of sp³-hybridized carbons (Fsp3) is 0.500. The Morgan fingerprint density at radius 2 is 2.24 bits per heavy atom. The van der Waals surface area contributed by atoms with Crippen LogP contribution >= 0.6 is 11.6 Å². The number of carbonyl (C=O) groups is 1. The molecule has 0 N–H and O–H groups in total. The van der Waals surface area contributed by atoms with Gasteiger partial charge in [0, 0.05) is 5.69 Å². The lowest BCUT2D eigenvalue weighted by molar-refractivity contribution is -0.103. The molecule has 1 aromatic heterocycles. The van der Waals surface area contributed by atoms with E-state index in [0.717, 1.165) is 5.69 Å². The van der Waals surface area contributed by atoms with Crippen LogP contribution in [0.3, 0.4) is 0 Å². The third kappa shape index (κ3) is 2.96. The fourth-order valence-electron chi connectivity index (χ4n) is 1.43. The molecular formula is C12H14ClNO3. The molecule has 1 aliphatic rings. The zero-order valence-corrected chi connectivity index (χ0v) is 10.5. The molecule has 0 spiro atoms. The number of pyridine rings is 1. The van der Waals surface area contributed by atoms with E-state index in [0.29, 0.717) is 23.9 Å². The molecule has 0 unspecified atom stereocenters. The van der Waals surface area contributed by atoms with Crippen molar-refractivity contribution in [3.63, 3.8) is 0 Å². The molecule has 5 heteroatoms. The molecule has 1 fully saturated rings. The van der Waals surface area contributed by atoms with Crippen molar-refractivity contribution in [2.24, 2.45) is 0 Å². The van der Waals surface area contributed by atoms with Gasteiger partial charge < -0.3 is 9.47 Å². The van der Waals surface area contributed by atoms with Crippen LogP contribution in [-0.4, -0.2) is 30.3 Å². The maximum atomic E-state index is 11.8. The van der Waals surface area contributed by atoms with Gasteiger partial charge in [-0.3, -0.25) is 0 Å². The highest BCUT2D eigenvalue weighted by atomic mass is 35.5. The lowest BCUT2D eigenvalue weighted by Gasteiger charge is -2.25. The van der Waals surface area contributed by atoms with Gasteiger partial charge in [-0.25, -0.2) is 9.78 Å². The summed E-state index contributed by atoms with van der Waals surface area (Å²) in [5, 5.41) is 0.313. The molecule has 0 radical (unpaired) electrons. The Balaban J connectivity index is 2.15. The second-order valence-corrected chi connectivity index (χ2v) is 4.71. The van der Waals surface area contributed by atoms with Crippen LogP contribution < -0.4 is 0 Å². The molecule has 0 atom stereocenters. The largest absolute Gasteiger partial charge is 0.454 e. The molecule has 1 aliphatic heterocycles. The SMILES string of the molecule is CC(C)c1cc(C(=O)OC2COC2)cc(Cl)n1. The molecule has 4 nitrogen and oxygen atoms in total. The average molecular weight is 256 g/mol. The van der Waals surface area contributed by atoms with Crippen LogP contribution in [0.1, 0.15) is 35.8 Å². The van der Waals surface area contributed by atoms with E-state index in [2.05, 4.69) is 4.98 Å². The number of ether oxygens (including phenoxy) is 2. The molecule has 0 bridgehead atoms. The molecule has 0 saturated carbocycles. The van der Waals surface area contributed by atoms with Gasteiger partial charge in [-0.1, -0.05) is 25.4 Å². The second-order valence-electron chi connectivity index (χ2n) is 4.32. The predicted molar refractivity (Wildman–Crippen MR) is 63.4 cm³/mol. The molecule has 2 heterocycles. The van der Waals surface area contributed by atoms with Crippen molar-refractivity contribution >= 4 is 17.6 Å². The van der Waals surface area contributed by atoms with Gasteiger partial charge in [0.05, 0.1) is 18.8 Å². The van der Waals surface area contributed by atoms with Gasteiger partial charge in [0.1, 0.15) is 11.3 Å². The summed E-state index contributed by atoms with van der Waals surface area (Å²) in [6, 6.07) is 3.24. The van der Waals surface area contributed by atoms with E-state index < -0.39 is 0 Å². The molecule has 2 rings (SSSR count). The summed E-state index contributed by atoms with van der Waals surface area (Å²) in [6.45, 7) is 4.93. The van der Waals surface area contributed by atoms with Gasteiger partial charge in [0.2, 0.25) is 0 Å². The van der Waals surface area contributed by atoms with Crippen LogP contribution in [-0.2, 0) is 9.47 Å². The summed E-state index contributed by atoms with van der Waals surface area (Å²) >= 11 is 5.88. The first-order chi connectivity index (χ1) is 8.06. The molecule has 0 aliphatic carbocycles. The molecule has 0 amide bonds. The van der Waals surface area contributed by atoms with Gasteiger partial charge in [-0.15, -0.1) is 0 Å². The highest BCUT2D eigenvalue weighted by Crippen LogP contribution is 2.19. The van der Waals surface area contributed by atoms with E-state index in [1.54, 1.807) is 6.07 Å². The zero-order chi connectivity index (χ0) is 12.4. The van der Waals surface area contributed by atoms with Gasteiger partial charge in [0.15, 0.2) is 0 Å². The first-order valence-corrected chi connectivity index (χ1v) is 5.90. The number of esters is 1. The van der Waals surface area contributed by atoms with Gasteiger partial charge in [0.25, 0.3) is 0 Å². The number of carbonyl (C=O) groups excluding carboxylic acids is 1. The number of halogens is 1. The summed E-state index contributed by atoms with van der Waals surface area (Å²) in [5.74, 6) is -0.156. The van der Waals surface area contributed by atoms with Crippen molar-refractivity contribution in [1.29, 1.82) is 0 Å². The number of hydrogen-bond acceptors (Lipinski definition) is 4. The van der Waals surface area contributed by atoms with E-state index >= 15 is 0 Å². The number of aromatic nitrogens is 1. The van der Waals surface area contributed by atoms with E-state index in [1.165, 1.54) is 6.07 Å². The summed E-state index contributed by atoms with van der Waals surface area (Å²) in [6.07, 6.45) is -0.128. The first kappa shape index (κ1) is 12.3. The standard InChI is InChI=1S/C12H14ClNO3/c1-7(2)10-3-8(4-11(13)14-10)12(15)17-9-5-16-6-9/h3-4,7,9H,5-6H2,1-2H3. The van der Waals surface area contributed by atoms with E-state index in [1.807, 2.05) is 13.8 Å².